The van der Waals surface area contributed by atoms with Crippen molar-refractivity contribution in [1.82, 2.24) is 14.9 Å². The van der Waals surface area contributed by atoms with E-state index in [1.165, 1.54) is 0 Å². The Morgan fingerprint density at radius 2 is 1.70 bits per heavy atom. The Labute approximate surface area is 178 Å². The standard InChI is InChI=1S/C23H31N5O2/c1-17-15-18(2)25-23(24-17)28-10-6-7-19(16-28)22(29)27-13-11-26(12-14-27)20-8-4-5-9-21(20)30-3/h4-5,8-9,15,19H,6-7,10-14,16H2,1-3H3/t19-/m0/s1. The van der Waals surface area contributed by atoms with Crippen LogP contribution in [0.5, 0.6) is 5.75 Å². The van der Waals surface area contributed by atoms with Gasteiger partial charge in [-0.15, -0.1) is 0 Å². The summed E-state index contributed by atoms with van der Waals surface area (Å²) in [5.74, 6) is 1.92. The molecule has 2 aliphatic heterocycles. The van der Waals surface area contributed by atoms with Gasteiger partial charge in [0, 0.05) is 50.7 Å². The molecule has 2 aliphatic rings. The number of hydrogen-bond donors (Lipinski definition) is 0. The van der Waals surface area contributed by atoms with Gasteiger partial charge in [-0.05, 0) is 44.9 Å². The van der Waals surface area contributed by atoms with Crippen molar-refractivity contribution in [2.24, 2.45) is 5.92 Å². The maximum absolute atomic E-state index is 13.2. The summed E-state index contributed by atoms with van der Waals surface area (Å²) in [5.41, 5.74) is 3.04. The zero-order valence-corrected chi connectivity index (χ0v) is 18.2. The van der Waals surface area contributed by atoms with E-state index in [2.05, 4.69) is 25.8 Å². The summed E-state index contributed by atoms with van der Waals surface area (Å²) < 4.78 is 5.50. The molecule has 4 rings (SSSR count). The largest absolute Gasteiger partial charge is 0.495 e. The van der Waals surface area contributed by atoms with Gasteiger partial charge in [0.15, 0.2) is 0 Å². The van der Waals surface area contributed by atoms with E-state index in [4.69, 9.17) is 4.74 Å². The molecule has 0 bridgehead atoms. The fourth-order valence-electron chi connectivity index (χ4n) is 4.53. The van der Waals surface area contributed by atoms with Gasteiger partial charge in [-0.1, -0.05) is 12.1 Å². The highest BCUT2D eigenvalue weighted by Crippen LogP contribution is 2.29. The van der Waals surface area contributed by atoms with E-state index in [0.717, 1.165) is 74.3 Å². The van der Waals surface area contributed by atoms with Gasteiger partial charge in [-0.25, -0.2) is 9.97 Å². The summed E-state index contributed by atoms with van der Waals surface area (Å²) in [4.78, 5) is 28.9. The highest BCUT2D eigenvalue weighted by Gasteiger charge is 2.32. The van der Waals surface area contributed by atoms with Crippen LogP contribution in [0.15, 0.2) is 30.3 Å². The molecular formula is C23H31N5O2. The van der Waals surface area contributed by atoms with Gasteiger partial charge in [0.2, 0.25) is 11.9 Å². The fourth-order valence-corrected chi connectivity index (χ4v) is 4.53. The number of rotatable bonds is 4. The first-order valence-corrected chi connectivity index (χ1v) is 10.8. The van der Waals surface area contributed by atoms with Crippen LogP contribution >= 0.6 is 0 Å². The van der Waals surface area contributed by atoms with Crippen LogP contribution in [0.3, 0.4) is 0 Å². The first kappa shape index (κ1) is 20.4. The average Bonchev–Trinajstić information content (AvgIpc) is 2.78. The van der Waals surface area contributed by atoms with Crippen molar-refractivity contribution < 1.29 is 9.53 Å². The first-order chi connectivity index (χ1) is 14.5. The van der Waals surface area contributed by atoms with Crippen LogP contribution in [-0.2, 0) is 4.79 Å². The van der Waals surface area contributed by atoms with Crippen molar-refractivity contribution in [2.75, 3.05) is 56.2 Å². The summed E-state index contributed by atoms with van der Waals surface area (Å²) in [6.07, 6.45) is 1.93. The zero-order chi connectivity index (χ0) is 21.1. The number of anilines is 2. The van der Waals surface area contributed by atoms with E-state index in [0.29, 0.717) is 6.54 Å². The Morgan fingerprint density at radius 1 is 1.00 bits per heavy atom. The Kier molecular flexibility index (Phi) is 6.06. The van der Waals surface area contributed by atoms with Gasteiger partial charge in [0.25, 0.3) is 0 Å². The van der Waals surface area contributed by atoms with Crippen LogP contribution < -0.4 is 14.5 Å². The number of aromatic nitrogens is 2. The van der Waals surface area contributed by atoms with E-state index in [9.17, 15) is 4.79 Å². The maximum Gasteiger partial charge on any atom is 0.227 e. The van der Waals surface area contributed by atoms with Crippen LogP contribution in [0.1, 0.15) is 24.2 Å². The van der Waals surface area contributed by atoms with Crippen molar-refractivity contribution in [2.45, 2.75) is 26.7 Å². The molecule has 1 aromatic heterocycles. The van der Waals surface area contributed by atoms with E-state index in [-0.39, 0.29) is 11.8 Å². The second kappa shape index (κ2) is 8.90. The second-order valence-corrected chi connectivity index (χ2v) is 8.22. The number of ether oxygens (including phenoxy) is 1. The lowest BCUT2D eigenvalue weighted by Gasteiger charge is -2.40. The first-order valence-electron chi connectivity index (χ1n) is 10.8. The molecule has 0 unspecified atom stereocenters. The zero-order valence-electron chi connectivity index (χ0n) is 18.2. The molecule has 0 spiro atoms. The summed E-state index contributed by atoms with van der Waals surface area (Å²) in [6.45, 7) is 8.73. The van der Waals surface area contributed by atoms with Gasteiger partial charge in [-0.2, -0.15) is 0 Å². The molecule has 7 heteroatoms. The van der Waals surface area contributed by atoms with Crippen molar-refractivity contribution in [3.8, 4) is 5.75 Å². The number of nitrogens with zero attached hydrogens (tertiary/aromatic N) is 5. The summed E-state index contributed by atoms with van der Waals surface area (Å²) in [6, 6.07) is 10.1. The molecular weight excluding hydrogens is 378 g/mol. The molecule has 30 heavy (non-hydrogen) atoms. The molecule has 2 saturated heterocycles. The number of carbonyl (C=O) groups excluding carboxylic acids is 1. The van der Waals surface area contributed by atoms with Gasteiger partial charge < -0.3 is 19.4 Å². The molecule has 0 radical (unpaired) electrons. The molecule has 0 aliphatic carbocycles. The number of piperazine rings is 1. The molecule has 7 nitrogen and oxygen atoms in total. The third-order valence-corrected chi connectivity index (χ3v) is 6.04. The highest BCUT2D eigenvalue weighted by atomic mass is 16.5. The van der Waals surface area contributed by atoms with Crippen molar-refractivity contribution in [1.29, 1.82) is 0 Å². The Balaban J connectivity index is 1.38. The Morgan fingerprint density at radius 3 is 2.40 bits per heavy atom. The maximum atomic E-state index is 13.2. The summed E-state index contributed by atoms with van der Waals surface area (Å²) in [5, 5.41) is 0. The predicted molar refractivity (Wildman–Crippen MR) is 118 cm³/mol. The van der Waals surface area contributed by atoms with E-state index < -0.39 is 0 Å². The molecule has 2 fully saturated rings. The highest BCUT2D eigenvalue weighted by molar-refractivity contribution is 5.80. The normalized spacial score (nSPS) is 19.7. The van der Waals surface area contributed by atoms with Crippen LogP contribution in [0, 0.1) is 19.8 Å². The lowest BCUT2D eigenvalue weighted by molar-refractivity contribution is -0.136. The van der Waals surface area contributed by atoms with Gasteiger partial charge >= 0.3 is 0 Å². The van der Waals surface area contributed by atoms with E-state index >= 15 is 0 Å². The minimum atomic E-state index is 0.0148. The number of methoxy groups -OCH3 is 1. The number of benzene rings is 1. The van der Waals surface area contributed by atoms with Crippen LogP contribution in [0.2, 0.25) is 0 Å². The Bertz CT molecular complexity index is 875. The van der Waals surface area contributed by atoms with E-state index in [1.54, 1.807) is 7.11 Å². The molecule has 0 N–H and O–H groups in total. The topological polar surface area (TPSA) is 61.8 Å². The molecule has 0 saturated carbocycles. The van der Waals surface area contributed by atoms with Crippen LogP contribution in [-0.4, -0.2) is 67.2 Å². The number of aryl methyl sites for hydroxylation is 2. The van der Waals surface area contributed by atoms with Crippen molar-refractivity contribution in [3.63, 3.8) is 0 Å². The minimum Gasteiger partial charge on any atom is -0.495 e. The molecule has 1 amide bonds. The fraction of sp³-hybridized carbons (Fsp3) is 0.522. The smallest absolute Gasteiger partial charge is 0.227 e. The second-order valence-electron chi connectivity index (χ2n) is 8.22. The SMILES string of the molecule is COc1ccccc1N1CCN(C(=O)[C@H]2CCCN(c3nc(C)cc(C)n3)C2)CC1. The molecule has 1 atom stereocenters. The van der Waals surface area contributed by atoms with Gasteiger partial charge in [0.1, 0.15) is 5.75 Å². The van der Waals surface area contributed by atoms with Gasteiger partial charge in [-0.3, -0.25) is 4.79 Å². The predicted octanol–water partition coefficient (Wildman–Crippen LogP) is 2.67. The van der Waals surface area contributed by atoms with Crippen LogP contribution in [0.4, 0.5) is 11.6 Å². The monoisotopic (exact) mass is 409 g/mol. The summed E-state index contributed by atoms with van der Waals surface area (Å²) >= 11 is 0. The third-order valence-electron chi connectivity index (χ3n) is 6.04. The number of hydrogen-bond acceptors (Lipinski definition) is 6. The molecule has 1 aromatic carbocycles. The lowest BCUT2D eigenvalue weighted by Crippen LogP contribution is -2.52. The number of piperidine rings is 1. The lowest BCUT2D eigenvalue weighted by atomic mass is 9.96. The summed E-state index contributed by atoms with van der Waals surface area (Å²) in [7, 11) is 1.70. The quantitative estimate of drug-likeness (QED) is 0.774. The van der Waals surface area contributed by atoms with Crippen molar-refractivity contribution >= 4 is 17.5 Å². The van der Waals surface area contributed by atoms with E-state index in [1.807, 2.05) is 43.0 Å². The average molecular weight is 410 g/mol. The van der Waals surface area contributed by atoms with Crippen molar-refractivity contribution in [3.05, 3.63) is 41.7 Å². The van der Waals surface area contributed by atoms with Gasteiger partial charge in [0.05, 0.1) is 18.7 Å². The Hall–Kier alpha value is -2.83. The number of para-hydroxylation sites is 2. The molecule has 160 valence electrons. The van der Waals surface area contributed by atoms with Crippen LogP contribution in [0.25, 0.3) is 0 Å². The molecule has 2 aromatic rings. The third kappa shape index (κ3) is 4.35. The number of amides is 1. The minimum absolute atomic E-state index is 0.0148. The number of carbonyl (C=O) groups is 1. The molecule has 3 heterocycles.